The molecule has 1 atom stereocenters. The third-order valence-electron chi connectivity index (χ3n) is 4.93. The summed E-state index contributed by atoms with van der Waals surface area (Å²) in [7, 11) is 0. The van der Waals surface area contributed by atoms with Crippen molar-refractivity contribution in [3.05, 3.63) is 87.7 Å². The smallest absolute Gasteiger partial charge is 0.259 e. The number of ketones is 1. The van der Waals surface area contributed by atoms with Gasteiger partial charge in [-0.05, 0) is 37.0 Å². The highest BCUT2D eigenvalue weighted by atomic mass is 35.5. The van der Waals surface area contributed by atoms with E-state index in [2.05, 4.69) is 27.4 Å². The Morgan fingerprint density at radius 3 is 2.61 bits per heavy atom. The van der Waals surface area contributed by atoms with Crippen LogP contribution in [0.25, 0.3) is 0 Å². The number of hydrogen-bond acceptors (Lipinski definition) is 4. The van der Waals surface area contributed by atoms with Crippen LogP contribution in [-0.2, 0) is 6.42 Å². The van der Waals surface area contributed by atoms with Crippen molar-refractivity contribution in [1.29, 1.82) is 0 Å². The Bertz CT molecular complexity index is 1060. The first-order chi connectivity index (χ1) is 13.5. The molecule has 1 heterocycles. The average molecular weight is 392 g/mol. The summed E-state index contributed by atoms with van der Waals surface area (Å²) >= 11 is 6.07. The second-order valence-electron chi connectivity index (χ2n) is 6.93. The molecule has 140 valence electrons. The van der Waals surface area contributed by atoms with Crippen molar-refractivity contribution in [2.24, 2.45) is 0 Å². The maximum atomic E-state index is 12.6. The number of nitrogens with zero attached hydrogens (tertiary/aromatic N) is 2. The van der Waals surface area contributed by atoms with Crippen LogP contribution in [0.4, 0.5) is 5.95 Å². The quantitative estimate of drug-likeness (QED) is 0.708. The molecule has 0 unspecified atom stereocenters. The van der Waals surface area contributed by atoms with Crippen LogP contribution >= 0.6 is 11.6 Å². The largest absolute Gasteiger partial charge is 0.294 e. The number of rotatable bonds is 3. The second-order valence-corrected chi connectivity index (χ2v) is 7.33. The second kappa shape index (κ2) is 7.52. The molecule has 2 aromatic carbocycles. The Labute approximate surface area is 167 Å². The molecule has 1 amide bonds. The predicted molar refractivity (Wildman–Crippen MR) is 108 cm³/mol. The molecule has 1 aromatic heterocycles. The van der Waals surface area contributed by atoms with E-state index in [0.29, 0.717) is 34.7 Å². The van der Waals surface area contributed by atoms with Gasteiger partial charge in [-0.1, -0.05) is 53.6 Å². The fourth-order valence-corrected chi connectivity index (χ4v) is 3.62. The van der Waals surface area contributed by atoms with Gasteiger partial charge < -0.3 is 0 Å². The van der Waals surface area contributed by atoms with Crippen molar-refractivity contribution in [3.8, 4) is 0 Å². The van der Waals surface area contributed by atoms with Gasteiger partial charge in [0, 0.05) is 12.6 Å². The van der Waals surface area contributed by atoms with Crippen LogP contribution in [0.2, 0.25) is 5.02 Å². The number of aromatic nitrogens is 2. The molecule has 0 bridgehead atoms. The van der Waals surface area contributed by atoms with Crippen molar-refractivity contribution in [1.82, 2.24) is 9.97 Å². The van der Waals surface area contributed by atoms with Gasteiger partial charge in [0.2, 0.25) is 5.95 Å². The standard InChI is InChI=1S/C22H18ClN3O2/c1-13-6-8-14(9-7-13)15-10-19-17(20(27)11-15)12-24-22(25-19)26-21(28)16-4-2-3-5-18(16)23/h2-9,12,15H,10-11H2,1H3,(H,24,25,26,28)/t15-/m0/s1. The number of aryl methyl sites for hydroxylation is 1. The molecule has 6 heteroatoms. The number of anilines is 1. The fraction of sp³-hybridized carbons (Fsp3) is 0.182. The molecule has 3 aromatic rings. The lowest BCUT2D eigenvalue weighted by molar-refractivity contribution is 0.0962. The molecular weight excluding hydrogens is 374 g/mol. The molecule has 0 fully saturated rings. The zero-order valence-corrected chi connectivity index (χ0v) is 16.0. The predicted octanol–water partition coefficient (Wildman–Crippen LogP) is 4.60. The van der Waals surface area contributed by atoms with Crippen molar-refractivity contribution in [2.45, 2.75) is 25.7 Å². The number of carbonyl (C=O) groups excluding carboxylic acids is 2. The number of hydrogen-bond donors (Lipinski definition) is 1. The lowest BCUT2D eigenvalue weighted by atomic mass is 9.82. The normalized spacial score (nSPS) is 15.8. The van der Waals surface area contributed by atoms with E-state index < -0.39 is 0 Å². The first-order valence-corrected chi connectivity index (χ1v) is 9.40. The molecule has 0 radical (unpaired) electrons. The van der Waals surface area contributed by atoms with E-state index >= 15 is 0 Å². The topological polar surface area (TPSA) is 72.0 Å². The molecule has 1 aliphatic rings. The van der Waals surface area contributed by atoms with Crippen molar-refractivity contribution in [2.75, 3.05) is 5.32 Å². The van der Waals surface area contributed by atoms with Crippen LogP contribution < -0.4 is 5.32 Å². The number of fused-ring (bicyclic) bond motifs is 1. The van der Waals surface area contributed by atoms with E-state index in [9.17, 15) is 9.59 Å². The number of benzene rings is 2. The van der Waals surface area contributed by atoms with Gasteiger partial charge in [-0.15, -0.1) is 0 Å². The van der Waals surface area contributed by atoms with Gasteiger partial charge in [-0.2, -0.15) is 0 Å². The molecule has 1 aliphatic carbocycles. The van der Waals surface area contributed by atoms with E-state index in [-0.39, 0.29) is 23.6 Å². The Balaban J connectivity index is 1.58. The minimum Gasteiger partial charge on any atom is -0.294 e. The molecule has 4 rings (SSSR count). The average Bonchev–Trinajstić information content (AvgIpc) is 2.68. The number of Topliss-reactive ketones (excluding diaryl/α,β-unsaturated/α-hetero) is 1. The van der Waals surface area contributed by atoms with Gasteiger partial charge in [-0.3, -0.25) is 14.9 Å². The highest BCUT2D eigenvalue weighted by molar-refractivity contribution is 6.34. The zero-order valence-electron chi connectivity index (χ0n) is 15.3. The summed E-state index contributed by atoms with van der Waals surface area (Å²) < 4.78 is 0. The Hall–Kier alpha value is -3.05. The van der Waals surface area contributed by atoms with Crippen LogP contribution in [0.3, 0.4) is 0 Å². The fourth-order valence-electron chi connectivity index (χ4n) is 3.39. The van der Waals surface area contributed by atoms with Gasteiger partial charge in [0.05, 0.1) is 21.8 Å². The molecule has 0 spiro atoms. The molecule has 0 aliphatic heterocycles. The minimum absolute atomic E-state index is 0.0239. The Kier molecular flexibility index (Phi) is 4.92. The summed E-state index contributed by atoms with van der Waals surface area (Å²) in [4.78, 5) is 33.6. The van der Waals surface area contributed by atoms with Crippen molar-refractivity contribution in [3.63, 3.8) is 0 Å². The van der Waals surface area contributed by atoms with E-state index in [1.165, 1.54) is 11.8 Å². The van der Waals surface area contributed by atoms with Gasteiger partial charge in [0.25, 0.3) is 5.91 Å². The third-order valence-corrected chi connectivity index (χ3v) is 5.26. The van der Waals surface area contributed by atoms with E-state index in [4.69, 9.17) is 11.6 Å². The van der Waals surface area contributed by atoms with Crippen molar-refractivity contribution >= 4 is 29.2 Å². The van der Waals surface area contributed by atoms with Gasteiger partial charge >= 0.3 is 0 Å². The highest BCUT2D eigenvalue weighted by Gasteiger charge is 2.28. The maximum Gasteiger partial charge on any atom is 0.259 e. The highest BCUT2D eigenvalue weighted by Crippen LogP contribution is 2.32. The summed E-state index contributed by atoms with van der Waals surface area (Å²) in [5.41, 5.74) is 3.83. The molecule has 0 saturated heterocycles. The minimum atomic E-state index is -0.386. The lowest BCUT2D eigenvalue weighted by Gasteiger charge is -2.23. The van der Waals surface area contributed by atoms with Gasteiger partial charge in [-0.25, -0.2) is 9.97 Å². The molecular formula is C22H18ClN3O2. The van der Waals surface area contributed by atoms with Gasteiger partial charge in [0.1, 0.15) is 0 Å². The number of nitrogens with one attached hydrogen (secondary N) is 1. The first-order valence-electron chi connectivity index (χ1n) is 9.03. The maximum absolute atomic E-state index is 12.6. The summed E-state index contributed by atoms with van der Waals surface area (Å²) in [5.74, 6) is -0.123. The number of halogens is 1. The zero-order chi connectivity index (χ0) is 19.7. The molecule has 0 saturated carbocycles. The van der Waals surface area contributed by atoms with E-state index in [1.807, 2.05) is 19.1 Å². The third kappa shape index (κ3) is 3.66. The Morgan fingerprint density at radius 2 is 1.86 bits per heavy atom. The van der Waals surface area contributed by atoms with Crippen LogP contribution in [0.5, 0.6) is 0 Å². The van der Waals surface area contributed by atoms with Crippen molar-refractivity contribution < 1.29 is 9.59 Å². The summed E-state index contributed by atoms with van der Waals surface area (Å²) in [6, 6.07) is 15.0. The molecule has 5 nitrogen and oxygen atoms in total. The van der Waals surface area contributed by atoms with E-state index in [1.54, 1.807) is 24.3 Å². The SMILES string of the molecule is Cc1ccc([C@@H]2CC(=O)c3cnc(NC(=O)c4ccccc4Cl)nc3C2)cc1. The summed E-state index contributed by atoms with van der Waals surface area (Å²) in [6.45, 7) is 2.03. The van der Waals surface area contributed by atoms with E-state index in [0.717, 1.165) is 5.56 Å². The monoisotopic (exact) mass is 391 g/mol. The molecule has 1 N–H and O–H groups in total. The Morgan fingerprint density at radius 1 is 1.11 bits per heavy atom. The summed E-state index contributed by atoms with van der Waals surface area (Å²) in [6.07, 6.45) is 2.56. The number of carbonyl (C=O) groups is 2. The lowest BCUT2D eigenvalue weighted by Crippen LogP contribution is -2.22. The van der Waals surface area contributed by atoms with Crippen LogP contribution in [-0.4, -0.2) is 21.7 Å². The molecule has 28 heavy (non-hydrogen) atoms. The van der Waals surface area contributed by atoms with Gasteiger partial charge in [0.15, 0.2) is 5.78 Å². The van der Waals surface area contributed by atoms with Crippen LogP contribution in [0.1, 0.15) is 49.9 Å². The number of amides is 1. The summed E-state index contributed by atoms with van der Waals surface area (Å²) in [5, 5.41) is 3.02. The van der Waals surface area contributed by atoms with Crippen LogP contribution in [0, 0.1) is 6.92 Å². The first kappa shape index (κ1) is 18.3. The van der Waals surface area contributed by atoms with Crippen LogP contribution in [0.15, 0.2) is 54.7 Å².